The molecular formula is C87H121N21O18S. The van der Waals surface area contributed by atoms with Gasteiger partial charge in [0.1, 0.15) is 78.5 Å². The van der Waals surface area contributed by atoms with Crippen LogP contribution in [0, 0.1) is 5.92 Å². The van der Waals surface area contributed by atoms with Gasteiger partial charge in [-0.25, -0.2) is 4.98 Å². The van der Waals surface area contributed by atoms with E-state index in [0.29, 0.717) is 76.3 Å². The van der Waals surface area contributed by atoms with E-state index in [0.717, 1.165) is 26.5 Å². The maximum atomic E-state index is 15.6. The number of hydrogen-bond acceptors (Lipinski definition) is 20. The molecule has 3 aromatic heterocycles. The summed E-state index contributed by atoms with van der Waals surface area (Å²) in [5.41, 5.74) is 14.4. The summed E-state index contributed by atoms with van der Waals surface area (Å²) >= 11 is 0.820. The first-order valence-electron chi connectivity index (χ1n) is 42.7. The molecule has 0 saturated carbocycles. The number of imidazole rings is 1. The molecule has 0 aliphatic carbocycles. The first kappa shape index (κ1) is 99.7. The van der Waals surface area contributed by atoms with Gasteiger partial charge < -0.3 is 109 Å². The van der Waals surface area contributed by atoms with Crippen molar-refractivity contribution in [3.05, 3.63) is 126 Å². The number of amides is 17. The van der Waals surface area contributed by atoms with Crippen molar-refractivity contribution in [3.63, 3.8) is 0 Å². The molecule has 0 radical (unpaired) electrons. The van der Waals surface area contributed by atoms with Gasteiger partial charge in [0.05, 0.1) is 38.2 Å². The van der Waals surface area contributed by atoms with Crippen LogP contribution in [0.15, 0.2) is 104 Å². The fraction of sp³-hybridized carbons (Fsp3) is 0.517. The number of hydrogen-bond donors (Lipinski definition) is 16. The lowest BCUT2D eigenvalue weighted by Gasteiger charge is -2.36. The minimum absolute atomic E-state index is 0.0172. The van der Waals surface area contributed by atoms with Gasteiger partial charge in [-0.1, -0.05) is 127 Å². The fourth-order valence-corrected chi connectivity index (χ4v) is 16.2. The number of aliphatic hydroxyl groups excluding tert-OH is 1. The number of nitrogens with two attached hydrogens (primary N) is 2. The Labute approximate surface area is 740 Å². The molecular weight excluding hydrogens is 1660 g/mol. The minimum atomic E-state index is -1.83. The smallest absolute Gasteiger partial charge is 0.246 e. The maximum Gasteiger partial charge on any atom is 0.246 e. The number of para-hydroxylation sites is 2. The Hall–Kier alpha value is -12.8. The number of aromatic nitrogens is 4. The van der Waals surface area contributed by atoms with Gasteiger partial charge in [0, 0.05) is 112 Å². The summed E-state index contributed by atoms with van der Waals surface area (Å²) in [6.07, 6.45) is 7.29. The summed E-state index contributed by atoms with van der Waals surface area (Å²) in [6, 6.07) is 3.45. The van der Waals surface area contributed by atoms with Crippen LogP contribution in [0.4, 0.5) is 0 Å². The van der Waals surface area contributed by atoms with Gasteiger partial charge in [-0.05, 0) is 80.7 Å². The number of carbonyl (C=O) groups is 17. The van der Waals surface area contributed by atoms with Crippen molar-refractivity contribution in [1.29, 1.82) is 0 Å². The lowest BCUT2D eigenvalue weighted by molar-refractivity contribution is -0.149. The molecule has 1 unspecified atom stereocenters. The molecule has 0 bridgehead atoms. The second-order valence-corrected chi connectivity index (χ2v) is 33.7. The molecule has 2 aliphatic heterocycles. The molecule has 40 heteroatoms. The van der Waals surface area contributed by atoms with Crippen molar-refractivity contribution in [3.8, 4) is 0 Å². The number of thioether (sulfide) groups is 1. The van der Waals surface area contributed by atoms with Crippen LogP contribution >= 0.6 is 11.8 Å². The molecule has 6 aromatic rings. The first-order valence-corrected chi connectivity index (χ1v) is 43.9. The van der Waals surface area contributed by atoms with Crippen LogP contribution in [-0.2, 0) is 107 Å². The summed E-state index contributed by atoms with van der Waals surface area (Å²) in [5, 5.41) is 38.8. The Kier molecular flexibility index (Phi) is 37.7. The third-order valence-corrected chi connectivity index (χ3v) is 23.6. The highest BCUT2D eigenvalue weighted by molar-refractivity contribution is 8.00. The van der Waals surface area contributed by atoms with Crippen molar-refractivity contribution >= 4 is 134 Å². The maximum absolute atomic E-state index is 15.6. The number of H-pyrrole nitrogens is 3. The summed E-state index contributed by atoms with van der Waals surface area (Å²) in [4.78, 5) is 265. The van der Waals surface area contributed by atoms with Crippen molar-refractivity contribution in [2.75, 3.05) is 65.9 Å². The molecule has 13 atom stereocenters. The molecule has 3 aromatic carbocycles. The number of primary amides is 2. The van der Waals surface area contributed by atoms with Crippen LogP contribution in [0.25, 0.3) is 21.8 Å². The van der Waals surface area contributed by atoms with Crippen LogP contribution in [0.1, 0.15) is 135 Å². The number of nitrogens with zero attached hydrogens (tertiary/aromatic N) is 6. The molecule has 8 rings (SSSR count). The summed E-state index contributed by atoms with van der Waals surface area (Å²) in [6.45, 7) is 7.44. The van der Waals surface area contributed by atoms with Crippen molar-refractivity contribution in [1.82, 2.24) is 97.6 Å². The van der Waals surface area contributed by atoms with E-state index in [1.54, 1.807) is 105 Å². The van der Waals surface area contributed by atoms with Crippen molar-refractivity contribution in [2.24, 2.45) is 17.4 Å². The average Bonchev–Trinajstić information content (AvgIpc) is 1.31. The van der Waals surface area contributed by atoms with Crippen LogP contribution in [0.5, 0.6) is 0 Å². The van der Waals surface area contributed by atoms with Gasteiger partial charge in [-0.3, -0.25) is 81.5 Å². The van der Waals surface area contributed by atoms with Gasteiger partial charge in [0.25, 0.3) is 0 Å². The van der Waals surface area contributed by atoms with Crippen LogP contribution in [0.3, 0.4) is 0 Å². The normalized spacial score (nSPS) is 24.0. The van der Waals surface area contributed by atoms with Gasteiger partial charge in [-0.15, -0.1) is 11.8 Å². The van der Waals surface area contributed by atoms with E-state index in [9.17, 15) is 67.4 Å². The van der Waals surface area contributed by atoms with Gasteiger partial charge >= 0.3 is 0 Å². The van der Waals surface area contributed by atoms with E-state index in [4.69, 9.17) is 11.5 Å². The number of aliphatic hydroxyl groups is 1. The Morgan fingerprint density at radius 1 is 0.535 bits per heavy atom. The number of benzene rings is 3. The molecule has 39 nitrogen and oxygen atoms in total. The van der Waals surface area contributed by atoms with Crippen LogP contribution in [-0.4, -0.2) is 294 Å². The highest BCUT2D eigenvalue weighted by atomic mass is 32.2. The number of fused-ring (bicyclic) bond motifs is 3. The van der Waals surface area contributed by atoms with E-state index < -0.39 is 211 Å². The fourth-order valence-electron chi connectivity index (χ4n) is 15.3. The second-order valence-electron chi connectivity index (χ2n) is 32.7. The SMILES string of the molecule is CCCCC[C@H]1C(=O)N[C@@H](C)C(=O)N[C@H](C(=O)NCC(N)=O)CSCC(=O)N[C@@H](Cc2ccccc2)C(=O)N(C)[C@@H](C)C(=O)N[C@@H](CC(N)=O)C(=O)N2CCCC2C(=O)N[C@@H](Cc2cnc[nH]2)C(=O)N[C@@H](CC(C)C)C(=O)N(C)CC(=O)N[C@@H](Cc2c[nH]c3ccccc23)C(=O)N[C@@H](CO)C(=O)N[C@@H](Cc2c[nH]c3ccccc23)C(=O)N(C)[C@@H](CCCC)C(=O)N1C. The van der Waals surface area contributed by atoms with Crippen LogP contribution < -0.4 is 64.6 Å². The number of aromatic amines is 3. The molecule has 2 saturated heterocycles. The Morgan fingerprint density at radius 3 is 1.69 bits per heavy atom. The van der Waals surface area contributed by atoms with E-state index >= 15 is 19.2 Å². The van der Waals surface area contributed by atoms with Gasteiger partial charge in [0.15, 0.2) is 0 Å². The molecule has 17 amide bonds. The molecule has 2 fully saturated rings. The number of likely N-dealkylation sites (N-methyl/N-ethyl adjacent to an activating group) is 4. The highest BCUT2D eigenvalue weighted by Gasteiger charge is 2.44. The minimum Gasteiger partial charge on any atom is -0.394 e. The van der Waals surface area contributed by atoms with E-state index in [1.165, 1.54) is 64.4 Å². The van der Waals surface area contributed by atoms with Gasteiger partial charge in [0.2, 0.25) is 100 Å². The molecule has 18 N–H and O–H groups in total. The monoisotopic (exact) mass is 1780 g/mol. The highest BCUT2D eigenvalue weighted by Crippen LogP contribution is 2.26. The Balaban J connectivity index is 1.16. The molecule has 688 valence electrons. The molecule has 2 aliphatic rings. The largest absolute Gasteiger partial charge is 0.394 e. The average molecular weight is 1780 g/mol. The quantitative estimate of drug-likeness (QED) is 0.0342. The number of unbranched alkanes of at least 4 members (excludes halogenated alkanes) is 3. The Bertz CT molecular complexity index is 4870. The van der Waals surface area contributed by atoms with E-state index in [1.807, 2.05) is 13.8 Å². The topological polar surface area (TPSA) is 559 Å². The zero-order chi connectivity index (χ0) is 92.9. The third kappa shape index (κ3) is 28.4. The molecule has 5 heterocycles. The number of rotatable bonds is 23. The van der Waals surface area contributed by atoms with Crippen LogP contribution in [0.2, 0.25) is 0 Å². The van der Waals surface area contributed by atoms with Gasteiger partial charge in [-0.2, -0.15) is 0 Å². The first-order chi connectivity index (χ1) is 60.5. The zero-order valence-electron chi connectivity index (χ0n) is 73.4. The second kappa shape index (κ2) is 48.1. The zero-order valence-corrected chi connectivity index (χ0v) is 74.2. The standard InChI is InChI=1S/C87H121N21O18S/c1-11-13-16-31-68-81(120)95-50(5)75(114)103-67(77(116)93-43-72(89)111)46-127-47-74(113)97-63(35-52-24-17-15-18-25-52)84(123)105(8)51(6)76(115)99-65(39-71(88)110)86(125)108-33-23-32-69(108)82(121)98-61(38-55-42-90-48-94-55)79(118)100-62(34-49(3)4)83(122)104(7)44-73(112)96-60(36-53-40-91-58-28-21-19-26-56(53)58)78(117)102-66(45-109)80(119)101-64(37-54-41-92-59-29-22-20-27-57(54)59)85(124)107(10)70(30-14-12-2)87(126)106(68)9/h15,17-22,24-29,40-42,48-51,60-70,91-92,109H,11-14,16,23,30-39,43-47H2,1-10H3,(H2,88,110)(H2,89,111)(H,90,94)(H,93,116)(H,95,120)(H,96,112)(H,97,113)(H,98,121)(H,99,115)(H,100,118)(H,101,119)(H,102,117)(H,103,114)/t50-,51-,60-,61-,62-,63-,64-,65-,66-,67-,68-,69?,70-/m0/s1. The summed E-state index contributed by atoms with van der Waals surface area (Å²) < 4.78 is 0. The predicted octanol–water partition coefficient (Wildman–Crippen LogP) is -0.991. The predicted molar refractivity (Wildman–Crippen MR) is 471 cm³/mol. The number of carbonyl (C=O) groups excluding carboxylic acids is 17. The van der Waals surface area contributed by atoms with Crippen molar-refractivity contribution in [2.45, 2.75) is 216 Å². The number of nitrogens with one attached hydrogen (secondary N) is 13. The third-order valence-electron chi connectivity index (χ3n) is 22.5. The summed E-state index contributed by atoms with van der Waals surface area (Å²) in [7, 11) is 5.30. The molecule has 0 spiro atoms. The summed E-state index contributed by atoms with van der Waals surface area (Å²) in [5.74, 6) is -16.2. The Morgan fingerprint density at radius 2 is 1.09 bits per heavy atom. The van der Waals surface area contributed by atoms with E-state index in [2.05, 4.69) is 73.1 Å². The lowest BCUT2D eigenvalue weighted by Crippen LogP contribution is -2.61. The van der Waals surface area contributed by atoms with E-state index in [-0.39, 0.29) is 76.0 Å². The van der Waals surface area contributed by atoms with Crippen molar-refractivity contribution < 1.29 is 86.6 Å². The molecule has 127 heavy (non-hydrogen) atoms. The lowest BCUT2D eigenvalue weighted by atomic mass is 10.00.